The number of hydrogen-bond acceptors (Lipinski definition) is 0. The summed E-state index contributed by atoms with van der Waals surface area (Å²) in [5, 5.41) is 0. The predicted molar refractivity (Wildman–Crippen MR) is 18.0 cm³/mol. The molecule has 0 aromatic rings. The maximum absolute atomic E-state index is 0. The molecule has 42 valence electrons. The molecule has 0 spiro atoms. The zero-order valence-electron chi connectivity index (χ0n) is 2.21. The van der Waals surface area contributed by atoms with Crippen LogP contribution in [-0.4, -0.2) is 46.0 Å². The molecule has 0 aromatic carbocycles. The first-order valence-corrected chi connectivity index (χ1v) is 0. The van der Waals surface area contributed by atoms with Gasteiger partial charge in [-0.05, 0) is 0 Å². The molecule has 0 unspecified atom stereocenters. The topological polar surface area (TPSA) is 94.5 Å². The van der Waals surface area contributed by atoms with Crippen LogP contribution < -0.4 is 0 Å². The fourth-order valence-corrected chi connectivity index (χ4v) is 0. The Morgan fingerprint density at radius 2 is 0.500 bits per heavy atom. The van der Waals surface area contributed by atoms with Crippen LogP contribution in [0.1, 0.15) is 0 Å². The maximum atomic E-state index is 0. The number of hydrogen-bond donors (Lipinski definition) is 0. The monoisotopic (exact) mass is 190 g/mol. The van der Waals surface area contributed by atoms with E-state index in [0.29, 0.717) is 0 Å². The van der Waals surface area contributed by atoms with E-state index >= 15 is 0 Å². The Hall–Kier alpha value is 1.92. The predicted octanol–water partition coefficient (Wildman–Crippen LogP) is -3.13. The van der Waals surface area contributed by atoms with Gasteiger partial charge < -0.3 is 16.4 Å². The first-order valence-electron chi connectivity index (χ1n) is 0. The van der Waals surface area contributed by atoms with Crippen molar-refractivity contribution in [3.63, 3.8) is 0 Å². The average molecular weight is 190 g/mol. The van der Waals surface area contributed by atoms with Gasteiger partial charge in [0.15, 0.2) is 0 Å². The molecule has 0 aliphatic carbocycles. The van der Waals surface area contributed by atoms with Crippen molar-refractivity contribution in [2.45, 2.75) is 0 Å². The molecular weight excluding hydrogens is 183 g/mol. The van der Waals surface area contributed by atoms with E-state index in [1.54, 1.807) is 0 Å². The van der Waals surface area contributed by atoms with Gasteiger partial charge >= 0.3 is 29.6 Å². The van der Waals surface area contributed by atoms with E-state index in [4.69, 9.17) is 0 Å². The molecule has 0 aliphatic heterocycles. The van der Waals surface area contributed by atoms with Gasteiger partial charge in [-0.25, -0.2) is 0 Å². The van der Waals surface area contributed by atoms with Gasteiger partial charge in [-0.3, -0.25) is 0 Å². The van der Waals surface area contributed by atoms with Crippen LogP contribution in [0.2, 0.25) is 0 Å². The van der Waals surface area contributed by atoms with Crippen LogP contribution in [0.4, 0.5) is 0 Å². The summed E-state index contributed by atoms with van der Waals surface area (Å²) in [6.45, 7) is 0. The van der Waals surface area contributed by atoms with Gasteiger partial charge in [0.1, 0.15) is 0 Å². The molecule has 0 saturated carbocycles. The number of rotatable bonds is 0. The summed E-state index contributed by atoms with van der Waals surface area (Å²) >= 11 is 0. The molecule has 0 fully saturated rings. The molecule has 6 heavy (non-hydrogen) atoms. The molecule has 0 aliphatic rings. The first-order chi connectivity index (χ1) is 0. The van der Waals surface area contributed by atoms with Crippen LogP contribution >= 0.6 is 0 Å². The van der Waals surface area contributed by atoms with Gasteiger partial charge in [-0.2, -0.15) is 0 Å². The van der Waals surface area contributed by atoms with E-state index < -0.39 is 0 Å². The van der Waals surface area contributed by atoms with Crippen molar-refractivity contribution < 1.29 is 50.6 Å². The van der Waals surface area contributed by atoms with Crippen molar-refractivity contribution in [3.05, 3.63) is 0 Å². The van der Waals surface area contributed by atoms with Crippen molar-refractivity contribution in [2.75, 3.05) is 0 Å². The minimum atomic E-state index is 0. The van der Waals surface area contributed by atoms with Gasteiger partial charge in [0.2, 0.25) is 0 Å². The third-order valence-corrected chi connectivity index (χ3v) is 0. The second-order valence-corrected chi connectivity index (χ2v) is 0. The Kier molecular flexibility index (Phi) is 1130. The summed E-state index contributed by atoms with van der Waals surface area (Å²) in [5.41, 5.74) is 0. The van der Waals surface area contributed by atoms with Crippen LogP contribution in [0.15, 0.2) is 0 Å². The Bertz CT molecular complexity index is 8.75. The summed E-state index contributed by atoms with van der Waals surface area (Å²) in [6.07, 6.45) is 0. The van der Waals surface area contributed by atoms with E-state index in [0.717, 1.165) is 0 Å². The summed E-state index contributed by atoms with van der Waals surface area (Å²) in [5.74, 6) is 0. The quantitative estimate of drug-likeness (QED) is 0.361. The SMILES string of the molecule is O.O.O.[Fe].[Fe].[NaH]. The first kappa shape index (κ1) is 103. The fourth-order valence-electron chi connectivity index (χ4n) is 0. The van der Waals surface area contributed by atoms with Crippen molar-refractivity contribution in [1.29, 1.82) is 0 Å². The normalized spacial score (nSPS) is 0. The molecule has 0 bridgehead atoms. The Balaban J connectivity index is 0. The molecule has 0 radical (unpaired) electrons. The van der Waals surface area contributed by atoms with E-state index in [1.165, 1.54) is 0 Å². The fraction of sp³-hybridized carbons (Fsp3) is 0. The van der Waals surface area contributed by atoms with Crippen molar-refractivity contribution >= 4 is 29.6 Å². The third kappa shape index (κ3) is 38.9. The van der Waals surface area contributed by atoms with Gasteiger partial charge in [-0.1, -0.05) is 0 Å². The molecule has 6 heteroatoms. The Labute approximate surface area is 79.4 Å². The molecule has 0 atom stereocenters. The second-order valence-electron chi connectivity index (χ2n) is 0. The Morgan fingerprint density at radius 3 is 0.500 bits per heavy atom. The van der Waals surface area contributed by atoms with Crippen molar-refractivity contribution in [3.8, 4) is 0 Å². The van der Waals surface area contributed by atoms with Crippen molar-refractivity contribution in [2.24, 2.45) is 0 Å². The van der Waals surface area contributed by atoms with Crippen LogP contribution in [-0.2, 0) is 34.1 Å². The zero-order chi connectivity index (χ0) is 0. The third-order valence-electron chi connectivity index (χ3n) is 0. The molecule has 0 aromatic heterocycles. The molecular formula is H7Fe2NaO3. The van der Waals surface area contributed by atoms with E-state index in [9.17, 15) is 0 Å². The molecule has 0 rings (SSSR count). The minimum absolute atomic E-state index is 0. The van der Waals surface area contributed by atoms with Crippen LogP contribution in [0.3, 0.4) is 0 Å². The van der Waals surface area contributed by atoms with Gasteiger partial charge in [0, 0.05) is 34.1 Å². The zero-order valence-corrected chi connectivity index (χ0v) is 4.42. The second kappa shape index (κ2) is 65.8. The molecule has 0 amide bonds. The summed E-state index contributed by atoms with van der Waals surface area (Å²) in [7, 11) is 0. The van der Waals surface area contributed by atoms with Crippen LogP contribution in [0.5, 0.6) is 0 Å². The average Bonchev–Trinajstić information content (AvgIpc) is 0. The standard InChI is InChI=1S/2Fe.Na.3H2O.H/h;;;3*1H2;. The van der Waals surface area contributed by atoms with E-state index in [1.807, 2.05) is 0 Å². The summed E-state index contributed by atoms with van der Waals surface area (Å²) in [6, 6.07) is 0. The molecule has 6 N–H and O–H groups in total. The van der Waals surface area contributed by atoms with Crippen LogP contribution in [0.25, 0.3) is 0 Å². The van der Waals surface area contributed by atoms with E-state index in [-0.39, 0.29) is 80.1 Å². The van der Waals surface area contributed by atoms with Crippen LogP contribution in [0, 0.1) is 0 Å². The molecule has 0 saturated heterocycles. The summed E-state index contributed by atoms with van der Waals surface area (Å²) in [4.78, 5) is 0. The van der Waals surface area contributed by atoms with Gasteiger partial charge in [0.05, 0.1) is 0 Å². The Morgan fingerprint density at radius 1 is 0.500 bits per heavy atom. The van der Waals surface area contributed by atoms with Gasteiger partial charge in [0.25, 0.3) is 0 Å². The van der Waals surface area contributed by atoms with Crippen molar-refractivity contribution in [1.82, 2.24) is 0 Å². The van der Waals surface area contributed by atoms with Gasteiger partial charge in [-0.15, -0.1) is 0 Å². The molecule has 0 heterocycles. The summed E-state index contributed by atoms with van der Waals surface area (Å²) < 4.78 is 0. The van der Waals surface area contributed by atoms with E-state index in [2.05, 4.69) is 0 Å². The molecule has 3 nitrogen and oxygen atoms in total.